The highest BCUT2D eigenvalue weighted by atomic mass is 16.5. The summed E-state index contributed by atoms with van der Waals surface area (Å²) in [6, 6.07) is 13.2. The van der Waals surface area contributed by atoms with E-state index in [0.717, 1.165) is 27.7 Å². The number of benzene rings is 1. The standard InChI is InChI=1S/C20H16N2O2/c1-13-17-4-3-11-22(17)18-9-10-21-12-16(18)19(13)20(23)14-5-7-15(24-2)8-6-14/h3-12H,1-2H3. The smallest absolute Gasteiger partial charge is 0.194 e. The second kappa shape index (κ2) is 5.49. The van der Waals surface area contributed by atoms with Gasteiger partial charge < -0.3 is 9.14 Å². The number of ether oxygens (including phenoxy) is 1. The highest BCUT2D eigenvalue weighted by Crippen LogP contribution is 2.28. The summed E-state index contributed by atoms with van der Waals surface area (Å²) >= 11 is 0. The Morgan fingerprint density at radius 2 is 1.88 bits per heavy atom. The molecule has 4 rings (SSSR count). The molecule has 0 spiro atoms. The molecule has 4 aromatic rings. The van der Waals surface area contributed by atoms with E-state index in [1.54, 1.807) is 43.8 Å². The first kappa shape index (κ1) is 14.5. The number of fused-ring (bicyclic) bond motifs is 3. The quantitative estimate of drug-likeness (QED) is 0.536. The van der Waals surface area contributed by atoms with Gasteiger partial charge in [0, 0.05) is 40.6 Å². The van der Waals surface area contributed by atoms with Crippen LogP contribution >= 0.6 is 0 Å². The Balaban J connectivity index is 1.99. The second-order valence-corrected chi connectivity index (χ2v) is 5.71. The largest absolute Gasteiger partial charge is 0.497 e. The van der Waals surface area contributed by atoms with Gasteiger partial charge in [-0.3, -0.25) is 9.78 Å². The molecule has 0 unspecified atom stereocenters. The van der Waals surface area contributed by atoms with Crippen LogP contribution in [0.15, 0.2) is 61.1 Å². The molecule has 0 aliphatic carbocycles. The van der Waals surface area contributed by atoms with Crippen LogP contribution in [-0.4, -0.2) is 22.3 Å². The molecule has 0 aliphatic heterocycles. The van der Waals surface area contributed by atoms with Crippen molar-refractivity contribution in [2.75, 3.05) is 7.11 Å². The summed E-state index contributed by atoms with van der Waals surface area (Å²) in [5.41, 5.74) is 4.31. The topological polar surface area (TPSA) is 43.6 Å². The van der Waals surface area contributed by atoms with E-state index in [1.165, 1.54) is 0 Å². The number of nitrogens with zero attached hydrogens (tertiary/aromatic N) is 2. The van der Waals surface area contributed by atoms with Gasteiger partial charge in [-0.15, -0.1) is 0 Å². The molecule has 3 heterocycles. The fraction of sp³-hybridized carbons (Fsp3) is 0.100. The number of rotatable bonds is 3. The maximum Gasteiger partial charge on any atom is 0.194 e. The molecule has 1 aromatic carbocycles. The summed E-state index contributed by atoms with van der Waals surface area (Å²) < 4.78 is 7.27. The number of ketones is 1. The molecule has 3 aromatic heterocycles. The molecule has 0 bridgehead atoms. The summed E-state index contributed by atoms with van der Waals surface area (Å²) in [6.07, 6.45) is 5.52. The molecule has 0 aliphatic rings. The van der Waals surface area contributed by atoms with Crippen molar-refractivity contribution in [1.29, 1.82) is 0 Å². The molecule has 4 nitrogen and oxygen atoms in total. The molecule has 0 N–H and O–H groups in total. The van der Waals surface area contributed by atoms with Crippen molar-refractivity contribution < 1.29 is 9.53 Å². The minimum atomic E-state index is -0.00291. The number of hydrogen-bond donors (Lipinski definition) is 0. The third kappa shape index (κ3) is 2.07. The Labute approximate surface area is 139 Å². The lowest BCUT2D eigenvalue weighted by molar-refractivity contribution is 0.103. The molecular formula is C20H16N2O2. The van der Waals surface area contributed by atoms with E-state index in [-0.39, 0.29) is 5.78 Å². The zero-order valence-electron chi connectivity index (χ0n) is 13.5. The Morgan fingerprint density at radius 1 is 1.08 bits per heavy atom. The highest BCUT2D eigenvalue weighted by Gasteiger charge is 2.19. The normalized spacial score (nSPS) is 11.1. The van der Waals surface area contributed by atoms with Crippen LogP contribution in [0.2, 0.25) is 0 Å². The average molecular weight is 316 g/mol. The van der Waals surface area contributed by atoms with Gasteiger partial charge in [-0.2, -0.15) is 0 Å². The van der Waals surface area contributed by atoms with Crippen LogP contribution in [0.5, 0.6) is 5.75 Å². The Morgan fingerprint density at radius 3 is 2.62 bits per heavy atom. The van der Waals surface area contributed by atoms with Crippen molar-refractivity contribution in [3.63, 3.8) is 0 Å². The fourth-order valence-electron chi connectivity index (χ4n) is 3.20. The predicted molar refractivity (Wildman–Crippen MR) is 93.9 cm³/mol. The lowest BCUT2D eigenvalue weighted by Gasteiger charge is -2.13. The van der Waals surface area contributed by atoms with E-state index >= 15 is 0 Å². The van der Waals surface area contributed by atoms with E-state index in [0.29, 0.717) is 11.1 Å². The lowest BCUT2D eigenvalue weighted by Crippen LogP contribution is -2.07. The van der Waals surface area contributed by atoms with E-state index < -0.39 is 0 Å². The molecule has 0 atom stereocenters. The zero-order valence-corrected chi connectivity index (χ0v) is 13.5. The SMILES string of the molecule is COc1ccc(C(=O)c2c(C)c3cccn3c3ccncc23)cc1. The number of aryl methyl sites for hydroxylation is 1. The number of pyridine rings is 2. The maximum absolute atomic E-state index is 13.2. The third-order valence-corrected chi connectivity index (χ3v) is 4.41. The van der Waals surface area contributed by atoms with Gasteiger partial charge in [-0.05, 0) is 55.0 Å². The third-order valence-electron chi connectivity index (χ3n) is 4.41. The van der Waals surface area contributed by atoms with E-state index in [4.69, 9.17) is 4.74 Å². The van der Waals surface area contributed by atoms with Gasteiger partial charge in [0.2, 0.25) is 0 Å². The van der Waals surface area contributed by atoms with Gasteiger partial charge in [0.05, 0.1) is 12.6 Å². The molecule has 24 heavy (non-hydrogen) atoms. The lowest BCUT2D eigenvalue weighted by atomic mass is 9.95. The Kier molecular flexibility index (Phi) is 3.31. The summed E-state index contributed by atoms with van der Waals surface area (Å²) in [7, 11) is 1.61. The van der Waals surface area contributed by atoms with Crippen molar-refractivity contribution in [2.45, 2.75) is 6.92 Å². The molecule has 118 valence electrons. The number of aromatic nitrogens is 2. The molecule has 4 heteroatoms. The van der Waals surface area contributed by atoms with Gasteiger partial charge in [-0.25, -0.2) is 0 Å². The molecular weight excluding hydrogens is 300 g/mol. The summed E-state index contributed by atoms with van der Waals surface area (Å²) in [4.78, 5) is 17.4. The van der Waals surface area contributed by atoms with Gasteiger partial charge in [0.25, 0.3) is 0 Å². The molecule has 0 fully saturated rings. The van der Waals surface area contributed by atoms with Gasteiger partial charge in [0.1, 0.15) is 5.75 Å². The summed E-state index contributed by atoms with van der Waals surface area (Å²) in [6.45, 7) is 1.98. The Bertz CT molecular complexity index is 1060. The first-order chi connectivity index (χ1) is 11.7. The first-order valence-corrected chi connectivity index (χ1v) is 7.73. The van der Waals surface area contributed by atoms with Gasteiger partial charge in [0.15, 0.2) is 5.78 Å². The van der Waals surface area contributed by atoms with Crippen LogP contribution in [0.3, 0.4) is 0 Å². The number of methoxy groups -OCH3 is 1. The zero-order chi connectivity index (χ0) is 16.7. The fourth-order valence-corrected chi connectivity index (χ4v) is 3.20. The first-order valence-electron chi connectivity index (χ1n) is 7.73. The minimum absolute atomic E-state index is 0.00291. The number of hydrogen-bond acceptors (Lipinski definition) is 3. The van der Waals surface area contributed by atoms with Gasteiger partial charge >= 0.3 is 0 Å². The van der Waals surface area contributed by atoms with Crippen LogP contribution in [0.1, 0.15) is 21.5 Å². The number of carbonyl (C=O) groups excluding carboxylic acids is 1. The predicted octanol–water partition coefficient (Wildman–Crippen LogP) is 4.04. The minimum Gasteiger partial charge on any atom is -0.497 e. The van der Waals surface area contributed by atoms with Crippen molar-refractivity contribution in [3.8, 4) is 5.75 Å². The van der Waals surface area contributed by atoms with Crippen molar-refractivity contribution >= 4 is 22.2 Å². The summed E-state index contributed by atoms with van der Waals surface area (Å²) in [5.74, 6) is 0.730. The van der Waals surface area contributed by atoms with Crippen LogP contribution in [-0.2, 0) is 0 Å². The summed E-state index contributed by atoms with van der Waals surface area (Å²) in [5, 5.41) is 0.861. The van der Waals surface area contributed by atoms with E-state index in [2.05, 4.69) is 9.38 Å². The average Bonchev–Trinajstić information content (AvgIpc) is 3.12. The molecule has 0 amide bonds. The van der Waals surface area contributed by atoms with Crippen molar-refractivity contribution in [1.82, 2.24) is 9.38 Å². The molecule has 0 saturated heterocycles. The van der Waals surface area contributed by atoms with Crippen LogP contribution < -0.4 is 4.74 Å². The second-order valence-electron chi connectivity index (χ2n) is 5.71. The Hall–Kier alpha value is -3.14. The van der Waals surface area contributed by atoms with Crippen LogP contribution in [0, 0.1) is 6.92 Å². The van der Waals surface area contributed by atoms with Crippen LogP contribution in [0.4, 0.5) is 0 Å². The molecule has 0 saturated carbocycles. The number of carbonyl (C=O) groups is 1. The van der Waals surface area contributed by atoms with Gasteiger partial charge in [-0.1, -0.05) is 0 Å². The van der Waals surface area contributed by atoms with Crippen LogP contribution in [0.25, 0.3) is 16.4 Å². The van der Waals surface area contributed by atoms with Crippen molar-refractivity contribution in [2.24, 2.45) is 0 Å². The van der Waals surface area contributed by atoms with E-state index in [9.17, 15) is 4.79 Å². The highest BCUT2D eigenvalue weighted by molar-refractivity contribution is 6.18. The van der Waals surface area contributed by atoms with E-state index in [1.807, 2.05) is 31.3 Å². The maximum atomic E-state index is 13.2. The monoisotopic (exact) mass is 316 g/mol. The molecule has 0 radical (unpaired) electrons. The van der Waals surface area contributed by atoms with Crippen molar-refractivity contribution in [3.05, 3.63) is 77.7 Å².